The van der Waals surface area contributed by atoms with Crippen LogP contribution in [0.1, 0.15) is 6.92 Å². The number of carbonyl (C=O) groups is 3. The molecular formula is C9H17N3O5. The molecule has 0 rings (SSSR count). The second-order valence-corrected chi connectivity index (χ2v) is 3.33. The number of rotatable bonds is 6. The monoisotopic (exact) mass is 247 g/mol. The zero-order chi connectivity index (χ0) is 13.4. The molecule has 0 heterocycles. The summed E-state index contributed by atoms with van der Waals surface area (Å²) in [6.07, 6.45) is 0. The Morgan fingerprint density at radius 1 is 1.35 bits per heavy atom. The first kappa shape index (κ1) is 15.2. The normalized spacial score (nSPS) is 11.5. The summed E-state index contributed by atoms with van der Waals surface area (Å²) in [7, 11) is 1.35. The van der Waals surface area contributed by atoms with Crippen molar-refractivity contribution in [1.29, 1.82) is 0 Å². The summed E-state index contributed by atoms with van der Waals surface area (Å²) < 4.78 is 0. The smallest absolute Gasteiger partial charge is 0.328 e. The number of amides is 3. The molecule has 0 saturated heterocycles. The Balaban J connectivity index is 4.21. The van der Waals surface area contributed by atoms with Crippen molar-refractivity contribution in [3.05, 3.63) is 0 Å². The van der Waals surface area contributed by atoms with Crippen LogP contribution in [0, 0.1) is 0 Å². The summed E-state index contributed by atoms with van der Waals surface area (Å²) in [5.74, 6) is -1.69. The van der Waals surface area contributed by atoms with Crippen molar-refractivity contribution in [3.8, 4) is 0 Å². The largest absolute Gasteiger partial charge is 0.480 e. The lowest BCUT2D eigenvalue weighted by Gasteiger charge is -2.19. The Labute approximate surface area is 98.6 Å². The van der Waals surface area contributed by atoms with Crippen molar-refractivity contribution >= 4 is 17.9 Å². The molecule has 0 aliphatic carbocycles. The van der Waals surface area contributed by atoms with Gasteiger partial charge in [-0.1, -0.05) is 0 Å². The molecule has 0 bridgehead atoms. The van der Waals surface area contributed by atoms with Crippen molar-refractivity contribution in [1.82, 2.24) is 15.5 Å². The van der Waals surface area contributed by atoms with Crippen LogP contribution in [0.3, 0.4) is 0 Å². The van der Waals surface area contributed by atoms with Crippen LogP contribution in [0.15, 0.2) is 0 Å². The Morgan fingerprint density at radius 2 is 1.94 bits per heavy atom. The number of carboxylic acids is 1. The van der Waals surface area contributed by atoms with E-state index in [0.717, 1.165) is 4.90 Å². The molecule has 0 aromatic carbocycles. The Kier molecular flexibility index (Phi) is 6.64. The first-order valence-electron chi connectivity index (χ1n) is 5.04. The van der Waals surface area contributed by atoms with Crippen LogP contribution in [0.2, 0.25) is 0 Å². The maximum atomic E-state index is 11.4. The number of carbonyl (C=O) groups excluding carboxylic acids is 2. The minimum atomic E-state index is -1.38. The summed E-state index contributed by atoms with van der Waals surface area (Å²) in [5.41, 5.74) is 0. The number of aliphatic carboxylic acids is 1. The molecule has 1 atom stereocenters. The highest BCUT2D eigenvalue weighted by atomic mass is 16.4. The molecule has 0 aromatic heterocycles. The molecule has 3 amide bonds. The Hall–Kier alpha value is -1.83. The van der Waals surface area contributed by atoms with Crippen molar-refractivity contribution in [3.63, 3.8) is 0 Å². The number of aliphatic hydroxyl groups is 1. The highest BCUT2D eigenvalue weighted by molar-refractivity contribution is 5.86. The first-order chi connectivity index (χ1) is 7.92. The summed E-state index contributed by atoms with van der Waals surface area (Å²) in [6.45, 7) is 1.29. The third-order valence-corrected chi connectivity index (χ3v) is 1.88. The van der Waals surface area contributed by atoms with Gasteiger partial charge in [-0.25, -0.2) is 9.59 Å². The van der Waals surface area contributed by atoms with Crippen LogP contribution in [0.5, 0.6) is 0 Å². The van der Waals surface area contributed by atoms with Crippen LogP contribution >= 0.6 is 0 Å². The van der Waals surface area contributed by atoms with Crippen molar-refractivity contribution in [2.24, 2.45) is 0 Å². The second kappa shape index (κ2) is 7.44. The van der Waals surface area contributed by atoms with E-state index < -0.39 is 24.6 Å². The van der Waals surface area contributed by atoms with Gasteiger partial charge in [-0.3, -0.25) is 4.79 Å². The van der Waals surface area contributed by atoms with Gasteiger partial charge < -0.3 is 25.7 Å². The fourth-order valence-corrected chi connectivity index (χ4v) is 0.985. The predicted octanol–water partition coefficient (Wildman–Crippen LogP) is -1.79. The molecule has 0 radical (unpaired) electrons. The van der Waals surface area contributed by atoms with Crippen molar-refractivity contribution in [2.45, 2.75) is 13.0 Å². The Morgan fingerprint density at radius 3 is 2.35 bits per heavy atom. The van der Waals surface area contributed by atoms with Gasteiger partial charge in [0.15, 0.2) is 6.04 Å². The van der Waals surface area contributed by atoms with E-state index in [1.165, 1.54) is 7.05 Å². The number of nitrogens with one attached hydrogen (secondary N) is 2. The van der Waals surface area contributed by atoms with Crippen LogP contribution in [-0.2, 0) is 9.59 Å². The van der Waals surface area contributed by atoms with Gasteiger partial charge in [0.1, 0.15) is 6.54 Å². The molecule has 0 aliphatic heterocycles. The first-order valence-corrected chi connectivity index (χ1v) is 5.04. The molecule has 4 N–H and O–H groups in total. The molecule has 0 saturated carbocycles. The summed E-state index contributed by atoms with van der Waals surface area (Å²) >= 11 is 0. The lowest BCUT2D eigenvalue weighted by atomic mass is 10.3. The summed E-state index contributed by atoms with van der Waals surface area (Å²) in [6, 6.07) is -2.11. The molecule has 0 fully saturated rings. The minimum Gasteiger partial charge on any atom is -0.480 e. The number of hydrogen-bond acceptors (Lipinski definition) is 4. The third-order valence-electron chi connectivity index (χ3n) is 1.88. The van der Waals surface area contributed by atoms with E-state index in [9.17, 15) is 14.4 Å². The average molecular weight is 247 g/mol. The molecule has 0 aromatic rings. The predicted molar refractivity (Wildman–Crippen MR) is 58.4 cm³/mol. The van der Waals surface area contributed by atoms with E-state index in [-0.39, 0.29) is 12.5 Å². The van der Waals surface area contributed by atoms with E-state index in [0.29, 0.717) is 6.54 Å². The highest BCUT2D eigenvalue weighted by Gasteiger charge is 2.21. The molecule has 98 valence electrons. The van der Waals surface area contributed by atoms with Crippen LogP contribution < -0.4 is 10.6 Å². The van der Waals surface area contributed by atoms with E-state index in [1.807, 2.05) is 0 Å². The summed E-state index contributed by atoms with van der Waals surface area (Å²) in [4.78, 5) is 34.1. The van der Waals surface area contributed by atoms with Gasteiger partial charge in [0.05, 0.1) is 6.61 Å². The number of hydrogen-bond donors (Lipinski definition) is 4. The SMILES string of the molecule is CCNC(=O)CN(C)C(=O)NC(CO)C(=O)O. The number of aliphatic hydroxyl groups excluding tert-OH is 1. The standard InChI is InChI=1S/C9H17N3O5/c1-3-10-7(14)4-12(2)9(17)11-6(5-13)8(15)16/h6,13H,3-5H2,1-2H3,(H,10,14)(H,11,17)(H,15,16). The van der Waals surface area contributed by atoms with Gasteiger partial charge in [-0.2, -0.15) is 0 Å². The van der Waals surface area contributed by atoms with Gasteiger partial charge in [-0.15, -0.1) is 0 Å². The number of likely N-dealkylation sites (N-methyl/N-ethyl adjacent to an activating group) is 2. The molecular weight excluding hydrogens is 230 g/mol. The zero-order valence-electron chi connectivity index (χ0n) is 9.77. The summed E-state index contributed by atoms with van der Waals surface area (Å²) in [5, 5.41) is 21.9. The van der Waals surface area contributed by atoms with Gasteiger partial charge in [0.2, 0.25) is 5.91 Å². The van der Waals surface area contributed by atoms with Gasteiger partial charge in [0, 0.05) is 13.6 Å². The van der Waals surface area contributed by atoms with E-state index in [4.69, 9.17) is 10.2 Å². The maximum absolute atomic E-state index is 11.4. The quantitative estimate of drug-likeness (QED) is 0.442. The van der Waals surface area contributed by atoms with E-state index in [1.54, 1.807) is 6.92 Å². The van der Waals surface area contributed by atoms with Crippen molar-refractivity contribution in [2.75, 3.05) is 26.7 Å². The zero-order valence-corrected chi connectivity index (χ0v) is 9.77. The minimum absolute atomic E-state index is 0.183. The van der Waals surface area contributed by atoms with Crippen LogP contribution in [0.25, 0.3) is 0 Å². The molecule has 0 spiro atoms. The van der Waals surface area contributed by atoms with Crippen molar-refractivity contribution < 1.29 is 24.6 Å². The number of nitrogens with zero attached hydrogens (tertiary/aromatic N) is 1. The molecule has 1 unspecified atom stereocenters. The number of urea groups is 1. The molecule has 8 nitrogen and oxygen atoms in total. The fraction of sp³-hybridized carbons (Fsp3) is 0.667. The maximum Gasteiger partial charge on any atom is 0.328 e. The topological polar surface area (TPSA) is 119 Å². The Bertz CT molecular complexity index is 294. The fourth-order valence-electron chi connectivity index (χ4n) is 0.985. The third kappa shape index (κ3) is 5.71. The van der Waals surface area contributed by atoms with Gasteiger partial charge >= 0.3 is 12.0 Å². The average Bonchev–Trinajstić information content (AvgIpc) is 2.25. The van der Waals surface area contributed by atoms with Crippen LogP contribution in [-0.4, -0.2) is 65.8 Å². The van der Waals surface area contributed by atoms with Gasteiger partial charge in [-0.05, 0) is 6.92 Å². The highest BCUT2D eigenvalue weighted by Crippen LogP contribution is 1.89. The van der Waals surface area contributed by atoms with Crippen LogP contribution in [0.4, 0.5) is 4.79 Å². The lowest BCUT2D eigenvalue weighted by molar-refractivity contribution is -0.140. The molecule has 17 heavy (non-hydrogen) atoms. The van der Waals surface area contributed by atoms with Gasteiger partial charge in [0.25, 0.3) is 0 Å². The van der Waals surface area contributed by atoms with E-state index in [2.05, 4.69) is 10.6 Å². The lowest BCUT2D eigenvalue weighted by Crippen LogP contribution is -2.50. The second-order valence-electron chi connectivity index (χ2n) is 3.33. The molecule has 8 heteroatoms. The number of carboxylic acid groups (broad SMARTS) is 1. The molecule has 0 aliphatic rings. The van der Waals surface area contributed by atoms with E-state index >= 15 is 0 Å².